The number of rotatable bonds is 6. The molecule has 0 heterocycles. The van der Waals surface area contributed by atoms with Crippen LogP contribution in [0.1, 0.15) is 11.3 Å². The zero-order valence-electron chi connectivity index (χ0n) is 9.92. The summed E-state index contributed by atoms with van der Waals surface area (Å²) in [7, 11) is -0.532. The molecular weight excluding hydrogens is 237 g/mol. The lowest BCUT2D eigenvalue weighted by atomic mass is 10.2. The first kappa shape index (κ1) is 14.0. The topological polar surface area (TPSA) is 47.6 Å². The van der Waals surface area contributed by atoms with Crippen molar-refractivity contribution in [1.29, 1.82) is 0 Å². The van der Waals surface area contributed by atoms with Crippen molar-refractivity contribution in [2.45, 2.75) is 5.78 Å². The predicted octanol–water partition coefficient (Wildman–Crippen LogP) is 2.39. The highest BCUT2D eigenvalue weighted by atomic mass is 31.2. The minimum atomic E-state index is -3.25. The van der Waals surface area contributed by atoms with E-state index in [-0.39, 0.29) is 6.54 Å². The van der Waals surface area contributed by atoms with Crippen LogP contribution in [0.25, 0.3) is 0 Å². The minimum absolute atomic E-state index is 0.288. The molecule has 4 nitrogen and oxygen atoms in total. The molecule has 1 atom stereocenters. The maximum absolute atomic E-state index is 12.4. The molecule has 1 rings (SSSR count). The molecule has 0 aliphatic heterocycles. The summed E-state index contributed by atoms with van der Waals surface area (Å²) in [6.45, 7) is 0.288. The number of terminal acetylenes is 1. The standard InChI is InChI=1S/C12H16NO3P/c1-4-10-13-12(17(14,15-2)16-3)11-8-6-5-7-9-11/h1,5-9,12-13H,10H2,2-3H3/t12-/m1/s1. The van der Waals surface area contributed by atoms with Gasteiger partial charge in [0.25, 0.3) is 0 Å². The highest BCUT2D eigenvalue weighted by Crippen LogP contribution is 2.58. The van der Waals surface area contributed by atoms with Crippen molar-refractivity contribution in [3.63, 3.8) is 0 Å². The summed E-state index contributed by atoms with van der Waals surface area (Å²) in [5.74, 6) is 1.88. The van der Waals surface area contributed by atoms with Crippen molar-refractivity contribution < 1.29 is 13.6 Å². The molecule has 0 aliphatic carbocycles. The number of nitrogens with one attached hydrogen (secondary N) is 1. The average Bonchev–Trinajstić information content (AvgIpc) is 2.40. The van der Waals surface area contributed by atoms with Crippen molar-refractivity contribution in [3.8, 4) is 12.3 Å². The van der Waals surface area contributed by atoms with Gasteiger partial charge in [0.15, 0.2) is 0 Å². The van der Waals surface area contributed by atoms with E-state index in [1.54, 1.807) is 0 Å². The second-order valence-electron chi connectivity index (χ2n) is 3.30. The molecule has 0 radical (unpaired) electrons. The van der Waals surface area contributed by atoms with Gasteiger partial charge in [0.1, 0.15) is 5.78 Å². The third-order valence-electron chi connectivity index (χ3n) is 2.34. The lowest BCUT2D eigenvalue weighted by Crippen LogP contribution is -2.23. The maximum Gasteiger partial charge on any atom is 0.351 e. The summed E-state index contributed by atoms with van der Waals surface area (Å²) in [5, 5.41) is 2.98. The highest BCUT2D eigenvalue weighted by molar-refractivity contribution is 7.54. The van der Waals surface area contributed by atoms with Gasteiger partial charge in [-0.15, -0.1) is 6.42 Å². The van der Waals surface area contributed by atoms with Crippen LogP contribution in [0.2, 0.25) is 0 Å². The van der Waals surface area contributed by atoms with Gasteiger partial charge < -0.3 is 9.05 Å². The monoisotopic (exact) mass is 253 g/mol. The average molecular weight is 253 g/mol. The molecule has 5 heteroatoms. The number of benzene rings is 1. The van der Waals surface area contributed by atoms with Gasteiger partial charge in [-0.3, -0.25) is 9.88 Å². The van der Waals surface area contributed by atoms with E-state index < -0.39 is 13.4 Å². The second kappa shape index (κ2) is 6.58. The second-order valence-corrected chi connectivity index (χ2v) is 5.63. The zero-order valence-corrected chi connectivity index (χ0v) is 10.8. The van der Waals surface area contributed by atoms with E-state index in [0.29, 0.717) is 0 Å². The van der Waals surface area contributed by atoms with Crippen molar-refractivity contribution in [2.24, 2.45) is 0 Å². The van der Waals surface area contributed by atoms with E-state index >= 15 is 0 Å². The molecule has 92 valence electrons. The van der Waals surface area contributed by atoms with E-state index in [2.05, 4.69) is 11.2 Å². The molecule has 0 bridgehead atoms. The molecule has 0 saturated carbocycles. The van der Waals surface area contributed by atoms with Crippen LogP contribution < -0.4 is 5.32 Å². The Morgan fingerprint density at radius 2 is 1.94 bits per heavy atom. The van der Waals surface area contributed by atoms with E-state index in [9.17, 15) is 4.57 Å². The fraction of sp³-hybridized carbons (Fsp3) is 0.333. The zero-order chi connectivity index (χ0) is 12.7. The van der Waals surface area contributed by atoms with Crippen LogP contribution >= 0.6 is 7.60 Å². The largest absolute Gasteiger partial charge is 0.351 e. The molecule has 0 aromatic heterocycles. The summed E-state index contributed by atoms with van der Waals surface area (Å²) in [6, 6.07) is 9.29. The Balaban J connectivity index is 3.04. The Morgan fingerprint density at radius 3 is 2.41 bits per heavy atom. The van der Waals surface area contributed by atoms with Crippen LogP contribution in [0.15, 0.2) is 30.3 Å². The first-order valence-corrected chi connectivity index (χ1v) is 6.72. The van der Waals surface area contributed by atoms with Crippen LogP contribution in [0.3, 0.4) is 0 Å². The normalized spacial score (nSPS) is 13.0. The summed E-state index contributed by atoms with van der Waals surface area (Å²) in [4.78, 5) is 0. The molecular formula is C12H16NO3P. The molecule has 1 aromatic carbocycles. The minimum Gasteiger partial charge on any atom is -0.311 e. The Morgan fingerprint density at radius 1 is 1.35 bits per heavy atom. The molecule has 17 heavy (non-hydrogen) atoms. The predicted molar refractivity (Wildman–Crippen MR) is 67.6 cm³/mol. The maximum atomic E-state index is 12.4. The van der Waals surface area contributed by atoms with Crippen molar-refractivity contribution in [2.75, 3.05) is 20.8 Å². The quantitative estimate of drug-likeness (QED) is 0.624. The third kappa shape index (κ3) is 3.42. The van der Waals surface area contributed by atoms with Crippen LogP contribution in [-0.4, -0.2) is 20.8 Å². The van der Waals surface area contributed by atoms with Gasteiger partial charge >= 0.3 is 7.60 Å². The Kier molecular flexibility index (Phi) is 5.40. The molecule has 1 N–H and O–H groups in total. The van der Waals surface area contributed by atoms with E-state index in [0.717, 1.165) is 5.56 Å². The van der Waals surface area contributed by atoms with Gasteiger partial charge in [0.2, 0.25) is 0 Å². The number of hydrogen-bond donors (Lipinski definition) is 1. The van der Waals surface area contributed by atoms with Gasteiger partial charge in [-0.1, -0.05) is 36.3 Å². The lowest BCUT2D eigenvalue weighted by Gasteiger charge is -2.24. The fourth-order valence-corrected chi connectivity index (χ4v) is 2.91. The van der Waals surface area contributed by atoms with Crippen molar-refractivity contribution in [1.82, 2.24) is 5.32 Å². The number of hydrogen-bond acceptors (Lipinski definition) is 4. The van der Waals surface area contributed by atoms with Gasteiger partial charge in [-0.2, -0.15) is 0 Å². The summed E-state index contributed by atoms with van der Waals surface area (Å²) >= 11 is 0. The van der Waals surface area contributed by atoms with Crippen LogP contribution in [0.5, 0.6) is 0 Å². The molecule has 0 spiro atoms. The van der Waals surface area contributed by atoms with Crippen LogP contribution in [0, 0.1) is 12.3 Å². The molecule has 0 unspecified atom stereocenters. The summed E-state index contributed by atoms with van der Waals surface area (Å²) in [5.41, 5.74) is 0.815. The van der Waals surface area contributed by atoms with Gasteiger partial charge in [0, 0.05) is 14.2 Å². The molecule has 0 aliphatic rings. The van der Waals surface area contributed by atoms with Crippen LogP contribution in [-0.2, 0) is 13.6 Å². The van der Waals surface area contributed by atoms with E-state index in [1.807, 2.05) is 30.3 Å². The van der Waals surface area contributed by atoms with Gasteiger partial charge in [0.05, 0.1) is 6.54 Å². The third-order valence-corrected chi connectivity index (χ3v) is 4.47. The van der Waals surface area contributed by atoms with Gasteiger partial charge in [-0.05, 0) is 5.56 Å². The molecule has 0 amide bonds. The Bertz CT molecular complexity index is 419. The van der Waals surface area contributed by atoms with Crippen LogP contribution in [0.4, 0.5) is 0 Å². The molecule has 1 aromatic rings. The molecule has 0 fully saturated rings. The smallest absolute Gasteiger partial charge is 0.311 e. The van der Waals surface area contributed by atoms with E-state index in [4.69, 9.17) is 15.5 Å². The summed E-state index contributed by atoms with van der Waals surface area (Å²) < 4.78 is 22.4. The Hall–Kier alpha value is -1.11. The summed E-state index contributed by atoms with van der Waals surface area (Å²) in [6.07, 6.45) is 5.20. The van der Waals surface area contributed by atoms with Crippen molar-refractivity contribution >= 4 is 7.60 Å². The first-order chi connectivity index (χ1) is 8.18. The molecule has 0 saturated heterocycles. The fourth-order valence-electron chi connectivity index (χ4n) is 1.49. The van der Waals surface area contributed by atoms with E-state index in [1.165, 1.54) is 14.2 Å². The highest BCUT2D eigenvalue weighted by Gasteiger charge is 2.34. The lowest BCUT2D eigenvalue weighted by molar-refractivity contribution is 0.260. The first-order valence-electron chi connectivity index (χ1n) is 5.11. The van der Waals surface area contributed by atoms with Gasteiger partial charge in [-0.25, -0.2) is 0 Å². The SMILES string of the molecule is C#CCN[C@@H](c1ccccc1)P(=O)(OC)OC. The van der Waals surface area contributed by atoms with Crippen molar-refractivity contribution in [3.05, 3.63) is 35.9 Å². The Labute approximate surface area is 102 Å².